The molecule has 0 aliphatic heterocycles. The molecule has 0 amide bonds. The highest BCUT2D eigenvalue weighted by Crippen LogP contribution is 2.30. The fourth-order valence-corrected chi connectivity index (χ4v) is 3.84. The highest BCUT2D eigenvalue weighted by atomic mass is 32.2. The van der Waals surface area contributed by atoms with Crippen LogP contribution in [0.5, 0.6) is 0 Å². The molecule has 0 N–H and O–H groups in total. The normalized spacial score (nSPS) is 12.2. The predicted octanol–water partition coefficient (Wildman–Crippen LogP) is 2.84. The summed E-state index contributed by atoms with van der Waals surface area (Å²) in [5.41, 5.74) is 0.913. The Hall–Kier alpha value is -3.54. The Kier molecular flexibility index (Phi) is 4.86. The van der Waals surface area contributed by atoms with Crippen molar-refractivity contribution in [2.75, 3.05) is 0 Å². The molecular formula is C18H13F3N6O2S. The van der Waals surface area contributed by atoms with Gasteiger partial charge in [-0.3, -0.25) is 0 Å². The van der Waals surface area contributed by atoms with E-state index in [1.54, 1.807) is 6.20 Å². The van der Waals surface area contributed by atoms with Gasteiger partial charge >= 0.3 is 6.18 Å². The molecule has 0 spiro atoms. The van der Waals surface area contributed by atoms with Crippen LogP contribution in [-0.4, -0.2) is 37.8 Å². The summed E-state index contributed by atoms with van der Waals surface area (Å²) >= 11 is 0. The summed E-state index contributed by atoms with van der Waals surface area (Å²) in [5.74, 6) is 0. The Morgan fingerprint density at radius 1 is 0.933 bits per heavy atom. The molecule has 4 rings (SSSR count). The zero-order chi connectivity index (χ0) is 21.4. The topological polar surface area (TPSA) is 95.6 Å². The molecule has 0 bridgehead atoms. The van der Waals surface area contributed by atoms with Crippen LogP contribution in [0.1, 0.15) is 11.3 Å². The molecule has 4 aromatic rings. The van der Waals surface area contributed by atoms with Crippen LogP contribution in [0.25, 0.3) is 11.3 Å². The molecule has 2 heterocycles. The number of hydrogen-bond acceptors (Lipinski definition) is 6. The van der Waals surface area contributed by atoms with E-state index >= 15 is 0 Å². The lowest BCUT2D eigenvalue weighted by Crippen LogP contribution is -2.14. The number of halogens is 3. The second kappa shape index (κ2) is 7.37. The maximum atomic E-state index is 12.7. The summed E-state index contributed by atoms with van der Waals surface area (Å²) in [6.07, 6.45) is -1.81. The van der Waals surface area contributed by atoms with E-state index in [0.717, 1.165) is 17.7 Å². The van der Waals surface area contributed by atoms with E-state index in [2.05, 4.69) is 20.6 Å². The SMILES string of the molecule is O=S(=O)(c1ccc(C(F)(F)F)cc1)n1cc(Cn2nncc2-c2ccccc2)nn1. The van der Waals surface area contributed by atoms with Gasteiger partial charge in [0.25, 0.3) is 10.0 Å². The molecule has 0 saturated carbocycles. The molecule has 0 fully saturated rings. The number of alkyl halides is 3. The maximum absolute atomic E-state index is 12.7. The molecule has 2 aromatic heterocycles. The van der Waals surface area contributed by atoms with Crippen LogP contribution in [0.2, 0.25) is 0 Å². The first-order valence-corrected chi connectivity index (χ1v) is 9.97. The lowest BCUT2D eigenvalue weighted by molar-refractivity contribution is -0.137. The number of benzene rings is 2. The van der Waals surface area contributed by atoms with E-state index < -0.39 is 21.8 Å². The number of nitrogens with zero attached hydrogens (tertiary/aromatic N) is 6. The summed E-state index contributed by atoms with van der Waals surface area (Å²) in [6.45, 7) is 0.104. The van der Waals surface area contributed by atoms with Gasteiger partial charge in [0.2, 0.25) is 0 Å². The van der Waals surface area contributed by atoms with Crippen molar-refractivity contribution in [2.45, 2.75) is 17.6 Å². The van der Waals surface area contributed by atoms with E-state index in [1.807, 2.05) is 30.3 Å². The van der Waals surface area contributed by atoms with Gasteiger partial charge in [-0.15, -0.1) is 14.3 Å². The third-order valence-electron chi connectivity index (χ3n) is 4.25. The Balaban J connectivity index is 1.58. The third-order valence-corrected chi connectivity index (χ3v) is 5.78. The van der Waals surface area contributed by atoms with Crippen molar-refractivity contribution in [1.29, 1.82) is 0 Å². The summed E-state index contributed by atoms with van der Waals surface area (Å²) in [5, 5.41) is 15.3. The second-order valence-electron chi connectivity index (χ2n) is 6.25. The first-order chi connectivity index (χ1) is 14.2. The highest BCUT2D eigenvalue weighted by Gasteiger charge is 2.31. The standard InChI is InChI=1S/C18H13F3N6O2S/c19-18(20,21)14-6-8-16(9-7-14)30(28,29)27-12-15(23-25-27)11-26-17(10-22-24-26)13-4-2-1-3-5-13/h1-10,12H,11H2. The van der Waals surface area contributed by atoms with E-state index in [9.17, 15) is 21.6 Å². The van der Waals surface area contributed by atoms with Crippen molar-refractivity contribution in [3.8, 4) is 11.3 Å². The van der Waals surface area contributed by atoms with Crippen LogP contribution in [0.15, 0.2) is 71.9 Å². The van der Waals surface area contributed by atoms with Gasteiger partial charge in [-0.05, 0) is 24.3 Å². The zero-order valence-corrected chi connectivity index (χ0v) is 15.9. The molecule has 0 unspecified atom stereocenters. The van der Waals surface area contributed by atoms with Crippen molar-refractivity contribution in [2.24, 2.45) is 0 Å². The average Bonchev–Trinajstić information content (AvgIpc) is 3.38. The molecule has 0 aliphatic carbocycles. The molecule has 0 radical (unpaired) electrons. The van der Waals surface area contributed by atoms with Gasteiger partial charge in [0.05, 0.1) is 35.1 Å². The van der Waals surface area contributed by atoms with Gasteiger partial charge in [-0.1, -0.05) is 40.8 Å². The highest BCUT2D eigenvalue weighted by molar-refractivity contribution is 7.89. The predicted molar refractivity (Wildman–Crippen MR) is 98.6 cm³/mol. The fourth-order valence-electron chi connectivity index (χ4n) is 2.75. The Morgan fingerprint density at radius 2 is 1.63 bits per heavy atom. The summed E-state index contributed by atoms with van der Waals surface area (Å²) in [7, 11) is -4.19. The van der Waals surface area contributed by atoms with Crippen molar-refractivity contribution in [3.05, 3.63) is 78.2 Å². The molecule has 2 aromatic carbocycles. The lowest BCUT2D eigenvalue weighted by atomic mass is 10.2. The molecule has 8 nitrogen and oxygen atoms in total. The molecule has 30 heavy (non-hydrogen) atoms. The molecule has 0 atom stereocenters. The first kappa shape index (κ1) is 19.8. The number of aromatic nitrogens is 6. The lowest BCUT2D eigenvalue weighted by Gasteiger charge is -2.08. The van der Waals surface area contributed by atoms with E-state index in [0.29, 0.717) is 21.9 Å². The Morgan fingerprint density at radius 3 is 2.30 bits per heavy atom. The third kappa shape index (κ3) is 3.81. The van der Waals surface area contributed by atoms with Crippen molar-refractivity contribution < 1.29 is 21.6 Å². The van der Waals surface area contributed by atoms with Crippen LogP contribution < -0.4 is 0 Å². The Labute approximate surface area is 168 Å². The fraction of sp³-hybridized carbons (Fsp3) is 0.111. The smallest absolute Gasteiger partial charge is 0.239 e. The Bertz CT molecular complexity index is 1270. The number of rotatable bonds is 5. The molecular weight excluding hydrogens is 421 g/mol. The van der Waals surface area contributed by atoms with Gasteiger partial charge < -0.3 is 0 Å². The summed E-state index contributed by atoms with van der Waals surface area (Å²) in [6, 6.07) is 12.5. The van der Waals surface area contributed by atoms with E-state index in [4.69, 9.17) is 0 Å². The van der Waals surface area contributed by atoms with Crippen LogP contribution >= 0.6 is 0 Å². The minimum absolute atomic E-state index is 0.104. The molecule has 12 heteroatoms. The van der Waals surface area contributed by atoms with Crippen molar-refractivity contribution in [3.63, 3.8) is 0 Å². The van der Waals surface area contributed by atoms with Crippen molar-refractivity contribution in [1.82, 2.24) is 29.4 Å². The van der Waals surface area contributed by atoms with E-state index in [-0.39, 0.29) is 17.1 Å². The van der Waals surface area contributed by atoms with Gasteiger partial charge in [0.15, 0.2) is 0 Å². The zero-order valence-electron chi connectivity index (χ0n) is 15.1. The van der Waals surface area contributed by atoms with Gasteiger partial charge in [-0.25, -0.2) is 4.68 Å². The van der Waals surface area contributed by atoms with Gasteiger partial charge in [-0.2, -0.15) is 21.6 Å². The number of hydrogen-bond donors (Lipinski definition) is 0. The first-order valence-electron chi connectivity index (χ1n) is 8.53. The van der Waals surface area contributed by atoms with Gasteiger partial charge in [0.1, 0.15) is 5.69 Å². The molecule has 0 saturated heterocycles. The molecule has 154 valence electrons. The van der Waals surface area contributed by atoms with E-state index in [1.165, 1.54) is 10.9 Å². The van der Waals surface area contributed by atoms with Crippen LogP contribution in [0.4, 0.5) is 13.2 Å². The molecule has 0 aliphatic rings. The maximum Gasteiger partial charge on any atom is 0.416 e. The van der Waals surface area contributed by atoms with Gasteiger partial charge in [0, 0.05) is 5.56 Å². The van der Waals surface area contributed by atoms with Crippen LogP contribution in [0, 0.1) is 0 Å². The average molecular weight is 434 g/mol. The quantitative estimate of drug-likeness (QED) is 0.479. The van der Waals surface area contributed by atoms with Crippen LogP contribution in [0.3, 0.4) is 0 Å². The largest absolute Gasteiger partial charge is 0.416 e. The summed E-state index contributed by atoms with van der Waals surface area (Å²) in [4.78, 5) is -0.335. The summed E-state index contributed by atoms with van der Waals surface area (Å²) < 4.78 is 65.5. The van der Waals surface area contributed by atoms with Crippen molar-refractivity contribution >= 4 is 10.0 Å². The van der Waals surface area contributed by atoms with Crippen LogP contribution in [-0.2, 0) is 22.7 Å². The minimum Gasteiger partial charge on any atom is -0.239 e. The minimum atomic E-state index is -4.56. The monoisotopic (exact) mass is 434 g/mol. The second-order valence-corrected chi connectivity index (χ2v) is 8.05.